The van der Waals surface area contributed by atoms with Gasteiger partial charge in [0, 0.05) is 32.8 Å². The molecule has 7 nitrogen and oxygen atoms in total. The molecular weight excluding hydrogens is 515 g/mol. The molecule has 9 heteroatoms. The maximum atomic E-state index is 12.5. The third kappa shape index (κ3) is 7.06. The van der Waals surface area contributed by atoms with Gasteiger partial charge in [0.1, 0.15) is 0 Å². The Balaban J connectivity index is 0.00000320. The van der Waals surface area contributed by atoms with Gasteiger partial charge in [-0.15, -0.1) is 24.0 Å². The fourth-order valence-corrected chi connectivity index (χ4v) is 4.82. The van der Waals surface area contributed by atoms with E-state index < -0.39 is 10.0 Å². The normalized spacial score (nSPS) is 21.5. The fraction of sp³-hybridized carbons (Fsp3) is 0.667. The molecule has 0 bridgehead atoms. The number of likely N-dealkylation sites (tertiary alicyclic amines) is 1. The first-order valence-corrected chi connectivity index (χ1v) is 12.0. The van der Waals surface area contributed by atoms with Crippen molar-refractivity contribution in [1.82, 2.24) is 14.9 Å². The zero-order valence-corrected chi connectivity index (χ0v) is 21.3. The van der Waals surface area contributed by atoms with Crippen LogP contribution in [0.15, 0.2) is 34.2 Å². The SMILES string of the molecule is CCNC(=NCc1ccc(S(=O)(=O)NCC2CCCO2)cc1)N1CCC(C)(C)C1.I. The summed E-state index contributed by atoms with van der Waals surface area (Å²) in [5, 5.41) is 3.37. The first-order valence-electron chi connectivity index (χ1n) is 10.5. The second kappa shape index (κ2) is 11.1. The number of nitrogens with one attached hydrogen (secondary N) is 2. The van der Waals surface area contributed by atoms with E-state index in [1.807, 2.05) is 12.1 Å². The highest BCUT2D eigenvalue weighted by Crippen LogP contribution is 2.28. The molecule has 2 heterocycles. The second-order valence-electron chi connectivity index (χ2n) is 8.64. The van der Waals surface area contributed by atoms with Crippen LogP contribution in [0.4, 0.5) is 0 Å². The maximum Gasteiger partial charge on any atom is 0.240 e. The minimum Gasteiger partial charge on any atom is -0.377 e. The molecule has 1 aromatic carbocycles. The van der Waals surface area contributed by atoms with Crippen molar-refractivity contribution >= 4 is 40.0 Å². The van der Waals surface area contributed by atoms with Crippen LogP contribution in [0.1, 0.15) is 45.6 Å². The molecule has 0 aromatic heterocycles. The van der Waals surface area contributed by atoms with E-state index in [0.717, 1.165) is 50.4 Å². The number of benzene rings is 1. The van der Waals surface area contributed by atoms with Gasteiger partial charge in [0.15, 0.2) is 5.96 Å². The lowest BCUT2D eigenvalue weighted by Gasteiger charge is -2.23. The van der Waals surface area contributed by atoms with Crippen molar-refractivity contribution in [2.24, 2.45) is 10.4 Å². The predicted octanol–water partition coefficient (Wildman–Crippen LogP) is 2.96. The third-order valence-electron chi connectivity index (χ3n) is 5.48. The van der Waals surface area contributed by atoms with E-state index in [2.05, 4.69) is 35.7 Å². The summed E-state index contributed by atoms with van der Waals surface area (Å²) in [4.78, 5) is 7.34. The lowest BCUT2D eigenvalue weighted by Crippen LogP contribution is -2.40. The van der Waals surface area contributed by atoms with E-state index in [4.69, 9.17) is 9.73 Å². The summed E-state index contributed by atoms with van der Waals surface area (Å²) in [6, 6.07) is 6.96. The molecule has 0 saturated carbocycles. The predicted molar refractivity (Wildman–Crippen MR) is 131 cm³/mol. The first-order chi connectivity index (χ1) is 13.8. The van der Waals surface area contributed by atoms with Crippen molar-refractivity contribution in [3.05, 3.63) is 29.8 Å². The van der Waals surface area contributed by atoms with Crippen molar-refractivity contribution in [3.63, 3.8) is 0 Å². The minimum atomic E-state index is -3.52. The van der Waals surface area contributed by atoms with Crippen molar-refractivity contribution in [2.75, 3.05) is 32.8 Å². The molecule has 170 valence electrons. The van der Waals surface area contributed by atoms with Gasteiger partial charge in [0.05, 0.1) is 17.5 Å². The van der Waals surface area contributed by atoms with Crippen LogP contribution in [0.25, 0.3) is 0 Å². The number of guanidine groups is 1. The fourth-order valence-electron chi connectivity index (χ4n) is 3.75. The van der Waals surface area contributed by atoms with E-state index in [1.165, 1.54) is 0 Å². The van der Waals surface area contributed by atoms with Crippen molar-refractivity contribution < 1.29 is 13.2 Å². The van der Waals surface area contributed by atoms with Crippen molar-refractivity contribution in [1.29, 1.82) is 0 Å². The van der Waals surface area contributed by atoms with E-state index in [9.17, 15) is 8.42 Å². The van der Waals surface area contributed by atoms with Crippen molar-refractivity contribution in [3.8, 4) is 0 Å². The van der Waals surface area contributed by atoms with E-state index >= 15 is 0 Å². The average molecular weight is 551 g/mol. The standard InChI is InChI=1S/C21H34N4O3S.HI/c1-4-22-20(25-12-11-21(2,3)16-25)23-14-17-7-9-19(10-8-17)29(26,27)24-15-18-6-5-13-28-18;/h7-10,18,24H,4-6,11-16H2,1-3H3,(H,22,23);1H. The Morgan fingerprint density at radius 3 is 2.60 bits per heavy atom. The average Bonchev–Trinajstić information content (AvgIpc) is 3.33. The van der Waals surface area contributed by atoms with Gasteiger partial charge in [-0.25, -0.2) is 18.1 Å². The van der Waals surface area contributed by atoms with Crippen LogP contribution in [0, 0.1) is 5.41 Å². The van der Waals surface area contributed by atoms with Gasteiger partial charge in [0.25, 0.3) is 0 Å². The molecule has 2 fully saturated rings. The highest BCUT2D eigenvalue weighted by molar-refractivity contribution is 14.0. The van der Waals surface area contributed by atoms with Crippen molar-refractivity contribution in [2.45, 2.75) is 57.6 Å². The quantitative estimate of drug-likeness (QED) is 0.310. The van der Waals surface area contributed by atoms with Crippen LogP contribution in [0.3, 0.4) is 0 Å². The molecule has 1 aromatic rings. The smallest absolute Gasteiger partial charge is 0.240 e. The number of halogens is 1. The molecule has 0 radical (unpaired) electrons. The molecule has 0 amide bonds. The highest BCUT2D eigenvalue weighted by Gasteiger charge is 2.30. The summed E-state index contributed by atoms with van der Waals surface area (Å²) in [5.74, 6) is 0.924. The first kappa shape index (κ1) is 25.4. The van der Waals surface area contributed by atoms with Crippen LogP contribution < -0.4 is 10.0 Å². The number of rotatable bonds is 7. The van der Waals surface area contributed by atoms with Gasteiger partial charge < -0.3 is 15.0 Å². The summed E-state index contributed by atoms with van der Waals surface area (Å²) < 4.78 is 33.1. The summed E-state index contributed by atoms with van der Waals surface area (Å²) in [6.07, 6.45) is 3.04. The number of sulfonamides is 1. The summed E-state index contributed by atoms with van der Waals surface area (Å²) in [6.45, 7) is 11.0. The Bertz CT molecular complexity index is 806. The number of aliphatic imine (C=N–C) groups is 1. The number of hydrogen-bond acceptors (Lipinski definition) is 4. The lowest BCUT2D eigenvalue weighted by molar-refractivity contribution is 0.114. The largest absolute Gasteiger partial charge is 0.377 e. The van der Waals surface area contributed by atoms with Gasteiger partial charge in [-0.05, 0) is 49.3 Å². The molecule has 1 unspecified atom stereocenters. The molecule has 1 atom stereocenters. The Morgan fingerprint density at radius 2 is 2.03 bits per heavy atom. The van der Waals surface area contributed by atoms with Crippen LogP contribution in [0.5, 0.6) is 0 Å². The molecule has 2 N–H and O–H groups in total. The third-order valence-corrected chi connectivity index (χ3v) is 6.92. The van der Waals surface area contributed by atoms with E-state index in [0.29, 0.717) is 25.1 Å². The monoisotopic (exact) mass is 550 g/mol. The molecule has 3 rings (SSSR count). The molecule has 2 aliphatic rings. The van der Waals surface area contributed by atoms with Crippen LogP contribution in [-0.4, -0.2) is 58.2 Å². The maximum absolute atomic E-state index is 12.5. The minimum absolute atomic E-state index is 0. The van der Waals surface area contributed by atoms with Gasteiger partial charge in [0.2, 0.25) is 10.0 Å². The number of hydrogen-bond donors (Lipinski definition) is 2. The summed E-state index contributed by atoms with van der Waals surface area (Å²) in [7, 11) is -3.52. The molecule has 2 saturated heterocycles. The lowest BCUT2D eigenvalue weighted by atomic mass is 9.93. The van der Waals surface area contributed by atoms with Gasteiger partial charge in [-0.2, -0.15) is 0 Å². The topological polar surface area (TPSA) is 83.0 Å². The Morgan fingerprint density at radius 1 is 1.30 bits per heavy atom. The molecule has 2 aliphatic heterocycles. The number of nitrogens with zero attached hydrogens (tertiary/aromatic N) is 2. The zero-order chi connectivity index (χ0) is 20.9. The molecule has 30 heavy (non-hydrogen) atoms. The Kier molecular flexibility index (Phi) is 9.38. The molecular formula is C21H35IN4O3S. The van der Waals surface area contributed by atoms with Crippen LogP contribution in [0.2, 0.25) is 0 Å². The Labute approximate surface area is 198 Å². The highest BCUT2D eigenvalue weighted by atomic mass is 127. The summed E-state index contributed by atoms with van der Waals surface area (Å²) in [5.41, 5.74) is 1.29. The van der Waals surface area contributed by atoms with Gasteiger partial charge >= 0.3 is 0 Å². The van der Waals surface area contributed by atoms with E-state index in [-0.39, 0.29) is 35.0 Å². The number of ether oxygens (including phenoxy) is 1. The van der Waals surface area contributed by atoms with Crippen LogP contribution in [-0.2, 0) is 21.3 Å². The second-order valence-corrected chi connectivity index (χ2v) is 10.4. The molecule has 0 spiro atoms. The van der Waals surface area contributed by atoms with Gasteiger partial charge in [-0.1, -0.05) is 26.0 Å². The summed E-state index contributed by atoms with van der Waals surface area (Å²) >= 11 is 0. The molecule has 0 aliphatic carbocycles. The Hall–Kier alpha value is -0.910. The van der Waals surface area contributed by atoms with Crippen LogP contribution >= 0.6 is 24.0 Å². The zero-order valence-electron chi connectivity index (χ0n) is 18.2. The van der Waals surface area contributed by atoms with Gasteiger partial charge in [-0.3, -0.25) is 0 Å². The van der Waals surface area contributed by atoms with E-state index in [1.54, 1.807) is 12.1 Å².